The first-order chi connectivity index (χ1) is 11.8. The van der Waals surface area contributed by atoms with Crippen molar-refractivity contribution in [2.45, 2.75) is 13.8 Å². The van der Waals surface area contributed by atoms with E-state index in [0.29, 0.717) is 11.3 Å². The zero-order chi connectivity index (χ0) is 18.6. The lowest BCUT2D eigenvalue weighted by Crippen LogP contribution is -2.07. The third kappa shape index (κ3) is 4.90. The number of allylic oxidation sites excluding steroid dienone is 1. The van der Waals surface area contributed by atoms with E-state index < -0.39 is 5.97 Å². The third-order valence-corrected chi connectivity index (χ3v) is 4.03. The minimum absolute atomic E-state index is 0.0950. The van der Waals surface area contributed by atoms with Crippen molar-refractivity contribution in [2.75, 3.05) is 0 Å². The van der Waals surface area contributed by atoms with Gasteiger partial charge in [0.1, 0.15) is 5.75 Å². The molecule has 0 fully saturated rings. The lowest BCUT2D eigenvalue weighted by Gasteiger charge is -2.12. The first-order valence-corrected chi connectivity index (χ1v) is 8.26. The summed E-state index contributed by atoms with van der Waals surface area (Å²) in [6.07, 6.45) is 3.23. The summed E-state index contributed by atoms with van der Waals surface area (Å²) in [6.45, 7) is 6.99. The molecule has 0 aliphatic heterocycles. The zero-order valence-electron chi connectivity index (χ0n) is 13.9. The highest BCUT2D eigenvalue weighted by molar-refractivity contribution is 9.10. The van der Waals surface area contributed by atoms with Crippen LogP contribution in [-0.4, -0.2) is 16.9 Å². The molecule has 2 aromatic carbocycles. The van der Waals surface area contributed by atoms with Crippen LogP contribution in [0.3, 0.4) is 0 Å². The molecule has 0 saturated heterocycles. The van der Waals surface area contributed by atoms with Gasteiger partial charge >= 0.3 is 5.97 Å². The second-order valence-electron chi connectivity index (χ2n) is 5.52. The van der Waals surface area contributed by atoms with E-state index in [1.807, 2.05) is 38.1 Å². The van der Waals surface area contributed by atoms with Gasteiger partial charge in [0.2, 0.25) is 5.76 Å². The highest BCUT2D eigenvalue weighted by atomic mass is 79.9. The van der Waals surface area contributed by atoms with E-state index >= 15 is 0 Å². The fraction of sp³-hybridized carbons (Fsp3) is 0.100. The number of aliphatic carboxylic acids is 1. The number of carboxylic acids is 1. The SMILES string of the molecule is C=C(Oc1c(C)cc(/C=C/C(=O)c2ccc(Br)cc2)cc1C)C(=O)O. The predicted octanol–water partition coefficient (Wildman–Crippen LogP) is 4.94. The average Bonchev–Trinajstić information content (AvgIpc) is 2.56. The fourth-order valence-electron chi connectivity index (χ4n) is 2.29. The summed E-state index contributed by atoms with van der Waals surface area (Å²) in [4.78, 5) is 23.0. The van der Waals surface area contributed by atoms with E-state index in [4.69, 9.17) is 9.84 Å². The molecular weight excluding hydrogens is 384 g/mol. The molecular formula is C20H17BrO4. The van der Waals surface area contributed by atoms with E-state index in [1.54, 1.807) is 18.2 Å². The Kier molecular flexibility index (Phi) is 5.93. The van der Waals surface area contributed by atoms with Gasteiger partial charge in [-0.2, -0.15) is 0 Å². The largest absolute Gasteiger partial charge is 0.475 e. The van der Waals surface area contributed by atoms with Gasteiger partial charge in [-0.05, 0) is 79.6 Å². The summed E-state index contributed by atoms with van der Waals surface area (Å²) in [5, 5.41) is 8.87. The highest BCUT2D eigenvalue weighted by Crippen LogP contribution is 2.27. The van der Waals surface area contributed by atoms with E-state index in [2.05, 4.69) is 22.5 Å². The van der Waals surface area contributed by atoms with E-state index in [-0.39, 0.29) is 11.5 Å². The van der Waals surface area contributed by atoms with Crippen molar-refractivity contribution in [3.8, 4) is 5.75 Å². The van der Waals surface area contributed by atoms with E-state index in [1.165, 1.54) is 6.08 Å². The zero-order valence-corrected chi connectivity index (χ0v) is 15.5. The van der Waals surface area contributed by atoms with Crippen molar-refractivity contribution in [1.82, 2.24) is 0 Å². The van der Waals surface area contributed by atoms with E-state index in [0.717, 1.165) is 21.2 Å². The number of carboxylic acid groups (broad SMARTS) is 1. The summed E-state index contributed by atoms with van der Waals surface area (Å²) in [5.41, 5.74) is 2.95. The Morgan fingerprint density at radius 3 is 2.20 bits per heavy atom. The molecule has 0 amide bonds. The van der Waals surface area contributed by atoms with Crippen molar-refractivity contribution in [3.63, 3.8) is 0 Å². The standard InChI is InChI=1S/C20H17BrO4/c1-12-10-15(11-13(2)19(12)25-14(3)20(23)24)4-9-18(22)16-5-7-17(21)8-6-16/h4-11H,3H2,1-2H3,(H,23,24)/b9-4+. The molecule has 0 heterocycles. The number of hydrogen-bond donors (Lipinski definition) is 1. The van der Waals surface area contributed by atoms with Crippen molar-refractivity contribution in [1.29, 1.82) is 0 Å². The summed E-state index contributed by atoms with van der Waals surface area (Å²) in [6, 6.07) is 10.8. The Labute approximate surface area is 154 Å². The molecule has 2 rings (SSSR count). The van der Waals surface area contributed by atoms with Gasteiger partial charge in [-0.15, -0.1) is 0 Å². The summed E-state index contributed by atoms with van der Waals surface area (Å²) >= 11 is 3.33. The second kappa shape index (κ2) is 7.94. The Bertz CT molecular complexity index is 841. The first kappa shape index (κ1) is 18.7. The Balaban J connectivity index is 2.20. The maximum absolute atomic E-state index is 12.2. The Morgan fingerprint density at radius 1 is 1.12 bits per heavy atom. The number of carbonyl (C=O) groups is 2. The minimum atomic E-state index is -1.21. The molecule has 25 heavy (non-hydrogen) atoms. The van der Waals surface area contributed by atoms with Crippen LogP contribution >= 0.6 is 15.9 Å². The molecule has 0 unspecified atom stereocenters. The fourth-order valence-corrected chi connectivity index (χ4v) is 2.55. The Morgan fingerprint density at radius 2 is 1.68 bits per heavy atom. The van der Waals surface area contributed by atoms with Gasteiger partial charge < -0.3 is 9.84 Å². The van der Waals surface area contributed by atoms with Crippen LogP contribution in [0.5, 0.6) is 5.75 Å². The molecule has 0 spiro atoms. The summed E-state index contributed by atoms with van der Waals surface area (Å²) in [5.74, 6) is -1.17. The van der Waals surface area contributed by atoms with Crippen molar-refractivity contribution < 1.29 is 19.4 Å². The third-order valence-electron chi connectivity index (χ3n) is 3.50. The van der Waals surface area contributed by atoms with Gasteiger partial charge in [-0.1, -0.05) is 22.0 Å². The molecule has 5 heteroatoms. The second-order valence-corrected chi connectivity index (χ2v) is 6.43. The maximum atomic E-state index is 12.2. The molecule has 2 aromatic rings. The number of aryl methyl sites for hydroxylation is 2. The van der Waals surface area contributed by atoms with Crippen LogP contribution in [0, 0.1) is 13.8 Å². The number of rotatable bonds is 6. The van der Waals surface area contributed by atoms with Gasteiger partial charge in [0.05, 0.1) is 0 Å². The smallest absolute Gasteiger partial charge is 0.371 e. The molecule has 0 radical (unpaired) electrons. The van der Waals surface area contributed by atoms with Gasteiger partial charge in [0.15, 0.2) is 5.78 Å². The van der Waals surface area contributed by atoms with Gasteiger partial charge in [0, 0.05) is 10.0 Å². The molecule has 0 atom stereocenters. The summed E-state index contributed by atoms with van der Waals surface area (Å²) in [7, 11) is 0. The minimum Gasteiger partial charge on any atom is -0.475 e. The van der Waals surface area contributed by atoms with Crippen molar-refractivity contribution in [2.24, 2.45) is 0 Å². The number of hydrogen-bond acceptors (Lipinski definition) is 3. The monoisotopic (exact) mass is 400 g/mol. The number of benzene rings is 2. The molecule has 0 aliphatic carbocycles. The van der Waals surface area contributed by atoms with Crippen LogP contribution in [0.4, 0.5) is 0 Å². The van der Waals surface area contributed by atoms with E-state index in [9.17, 15) is 9.59 Å². The molecule has 4 nitrogen and oxygen atoms in total. The quantitative estimate of drug-likeness (QED) is 0.423. The normalized spacial score (nSPS) is 10.7. The van der Waals surface area contributed by atoms with Crippen molar-refractivity contribution >= 4 is 33.8 Å². The lowest BCUT2D eigenvalue weighted by atomic mass is 10.0. The van der Waals surface area contributed by atoms with Crippen LogP contribution in [0.25, 0.3) is 6.08 Å². The topological polar surface area (TPSA) is 63.6 Å². The number of carbonyl (C=O) groups excluding carboxylic acids is 1. The maximum Gasteiger partial charge on any atom is 0.371 e. The average molecular weight is 401 g/mol. The molecule has 0 saturated carbocycles. The molecule has 1 N–H and O–H groups in total. The van der Waals surface area contributed by atoms with Gasteiger partial charge in [-0.3, -0.25) is 4.79 Å². The molecule has 0 aromatic heterocycles. The number of ketones is 1. The number of ether oxygens (including phenoxy) is 1. The summed E-state index contributed by atoms with van der Waals surface area (Å²) < 4.78 is 6.22. The number of halogens is 1. The van der Waals surface area contributed by atoms with Crippen LogP contribution < -0.4 is 4.74 Å². The predicted molar refractivity (Wildman–Crippen MR) is 101 cm³/mol. The molecule has 128 valence electrons. The van der Waals surface area contributed by atoms with Crippen LogP contribution in [0.1, 0.15) is 27.0 Å². The van der Waals surface area contributed by atoms with Crippen LogP contribution in [0.2, 0.25) is 0 Å². The van der Waals surface area contributed by atoms with Gasteiger partial charge in [0.25, 0.3) is 0 Å². The van der Waals surface area contributed by atoms with Crippen molar-refractivity contribution in [3.05, 3.63) is 81.5 Å². The lowest BCUT2D eigenvalue weighted by molar-refractivity contribution is -0.135. The highest BCUT2D eigenvalue weighted by Gasteiger charge is 2.12. The van der Waals surface area contributed by atoms with Gasteiger partial charge in [-0.25, -0.2) is 4.79 Å². The molecule has 0 bridgehead atoms. The van der Waals surface area contributed by atoms with Crippen LogP contribution in [0.15, 0.2) is 59.3 Å². The Hall–Kier alpha value is -2.66. The molecule has 0 aliphatic rings. The first-order valence-electron chi connectivity index (χ1n) is 7.47. The van der Waals surface area contributed by atoms with Crippen LogP contribution in [-0.2, 0) is 4.79 Å².